The van der Waals surface area contributed by atoms with E-state index in [9.17, 15) is 14.4 Å². The van der Waals surface area contributed by atoms with Crippen molar-refractivity contribution in [3.63, 3.8) is 0 Å². The lowest BCUT2D eigenvalue weighted by molar-refractivity contribution is -0.119. The third-order valence-electron chi connectivity index (χ3n) is 3.95. The summed E-state index contributed by atoms with van der Waals surface area (Å²) in [5, 5.41) is 2.78. The van der Waals surface area contributed by atoms with Gasteiger partial charge in [-0.15, -0.1) is 0 Å². The number of pyridine rings is 1. The van der Waals surface area contributed by atoms with E-state index in [0.717, 1.165) is 11.3 Å². The summed E-state index contributed by atoms with van der Waals surface area (Å²) >= 11 is 0. The van der Waals surface area contributed by atoms with E-state index in [-0.39, 0.29) is 30.6 Å². The minimum absolute atomic E-state index is 0.172. The first-order valence-corrected chi connectivity index (χ1v) is 7.59. The molecule has 8 heteroatoms. The van der Waals surface area contributed by atoms with Crippen molar-refractivity contribution in [1.29, 1.82) is 0 Å². The van der Waals surface area contributed by atoms with Gasteiger partial charge in [-0.1, -0.05) is 0 Å². The Hall–Kier alpha value is -2.35. The van der Waals surface area contributed by atoms with Crippen molar-refractivity contribution >= 4 is 11.9 Å². The van der Waals surface area contributed by atoms with Crippen LogP contribution in [-0.2, 0) is 11.3 Å². The lowest BCUT2D eigenvalue weighted by Gasteiger charge is -2.34. The van der Waals surface area contributed by atoms with Crippen molar-refractivity contribution in [1.82, 2.24) is 20.1 Å². The van der Waals surface area contributed by atoms with Gasteiger partial charge in [0.05, 0.1) is 13.1 Å². The number of hydrogen-bond donors (Lipinski definition) is 3. The monoisotopic (exact) mass is 321 g/mol. The van der Waals surface area contributed by atoms with Crippen LogP contribution < -0.4 is 16.6 Å². The van der Waals surface area contributed by atoms with Crippen LogP contribution in [-0.4, -0.2) is 59.4 Å². The second-order valence-electron chi connectivity index (χ2n) is 5.83. The molecule has 126 valence electrons. The van der Waals surface area contributed by atoms with Crippen LogP contribution in [0.2, 0.25) is 0 Å². The highest BCUT2D eigenvalue weighted by Gasteiger charge is 2.21. The average molecular weight is 321 g/mol. The Bertz CT molecular complexity index is 647. The fourth-order valence-corrected chi connectivity index (χ4v) is 2.71. The van der Waals surface area contributed by atoms with E-state index in [1.165, 1.54) is 0 Å². The van der Waals surface area contributed by atoms with Gasteiger partial charge in [-0.25, -0.2) is 4.79 Å². The van der Waals surface area contributed by atoms with Crippen molar-refractivity contribution in [2.45, 2.75) is 20.4 Å². The predicted octanol–water partition coefficient (Wildman–Crippen LogP) is -0.696. The minimum Gasteiger partial charge on any atom is -0.369 e. The van der Waals surface area contributed by atoms with Gasteiger partial charge >= 0.3 is 6.03 Å². The van der Waals surface area contributed by atoms with Crippen molar-refractivity contribution in [3.05, 3.63) is 33.2 Å². The van der Waals surface area contributed by atoms with E-state index < -0.39 is 0 Å². The quantitative estimate of drug-likeness (QED) is 0.681. The van der Waals surface area contributed by atoms with E-state index in [1.807, 2.05) is 24.8 Å². The molecule has 0 saturated carbocycles. The maximum atomic E-state index is 12.2. The maximum absolute atomic E-state index is 12.2. The number of carbonyl (C=O) groups is 2. The number of piperazine rings is 1. The fourth-order valence-electron chi connectivity index (χ4n) is 2.71. The van der Waals surface area contributed by atoms with Crippen LogP contribution in [0.3, 0.4) is 0 Å². The normalized spacial score (nSPS) is 15.5. The Morgan fingerprint density at radius 2 is 1.91 bits per heavy atom. The zero-order valence-electron chi connectivity index (χ0n) is 13.5. The third kappa shape index (κ3) is 4.56. The molecular formula is C15H23N5O3. The SMILES string of the molecule is Cc1cc(C)c(CNC(=O)N2CCN(CC(N)=O)CC2)c(=O)[nH]1. The molecule has 0 aliphatic carbocycles. The molecule has 0 radical (unpaired) electrons. The molecule has 0 bridgehead atoms. The summed E-state index contributed by atoms with van der Waals surface area (Å²) in [6.45, 7) is 6.37. The molecule has 1 aliphatic heterocycles. The number of primary amides is 1. The van der Waals surface area contributed by atoms with E-state index in [4.69, 9.17) is 5.73 Å². The van der Waals surface area contributed by atoms with Gasteiger partial charge in [0.25, 0.3) is 5.56 Å². The van der Waals surface area contributed by atoms with Crippen molar-refractivity contribution < 1.29 is 9.59 Å². The zero-order chi connectivity index (χ0) is 17.0. The molecule has 0 aromatic carbocycles. The highest BCUT2D eigenvalue weighted by atomic mass is 16.2. The van der Waals surface area contributed by atoms with Gasteiger partial charge in [-0.3, -0.25) is 14.5 Å². The summed E-state index contributed by atoms with van der Waals surface area (Å²) in [6, 6.07) is 1.67. The average Bonchev–Trinajstić information content (AvgIpc) is 2.46. The molecule has 1 aromatic rings. The van der Waals surface area contributed by atoms with Crippen molar-refractivity contribution in [2.75, 3.05) is 32.7 Å². The Balaban J connectivity index is 1.87. The maximum Gasteiger partial charge on any atom is 0.317 e. The standard InChI is InChI=1S/C15H23N5O3/c1-10-7-11(2)18-14(22)12(10)8-17-15(23)20-5-3-19(4-6-20)9-13(16)21/h7H,3-6,8-9H2,1-2H3,(H2,16,21)(H,17,23)(H,18,22). The molecule has 1 aliphatic rings. The summed E-state index contributed by atoms with van der Waals surface area (Å²) in [4.78, 5) is 41.3. The number of aromatic nitrogens is 1. The molecule has 0 atom stereocenters. The van der Waals surface area contributed by atoms with Gasteiger partial charge < -0.3 is 20.9 Å². The van der Waals surface area contributed by atoms with Crippen LogP contribution in [0, 0.1) is 13.8 Å². The van der Waals surface area contributed by atoms with Crippen LogP contribution >= 0.6 is 0 Å². The third-order valence-corrected chi connectivity index (χ3v) is 3.95. The smallest absolute Gasteiger partial charge is 0.317 e. The molecule has 2 rings (SSSR count). The first kappa shape index (κ1) is 17.0. The number of nitrogens with two attached hydrogens (primary N) is 1. The molecule has 4 N–H and O–H groups in total. The summed E-state index contributed by atoms with van der Waals surface area (Å²) < 4.78 is 0. The van der Waals surface area contributed by atoms with Crippen LogP contribution in [0.15, 0.2) is 10.9 Å². The topological polar surface area (TPSA) is 112 Å². The highest BCUT2D eigenvalue weighted by molar-refractivity contribution is 5.76. The van der Waals surface area contributed by atoms with E-state index in [2.05, 4.69) is 10.3 Å². The second kappa shape index (κ2) is 7.28. The van der Waals surface area contributed by atoms with Gasteiger partial charge in [0.2, 0.25) is 5.91 Å². The zero-order valence-corrected chi connectivity index (χ0v) is 13.5. The molecule has 1 fully saturated rings. The molecule has 8 nitrogen and oxygen atoms in total. The molecule has 1 aromatic heterocycles. The Labute approximate surface area is 134 Å². The Morgan fingerprint density at radius 1 is 1.26 bits per heavy atom. The van der Waals surface area contributed by atoms with Crippen LogP contribution in [0.1, 0.15) is 16.8 Å². The van der Waals surface area contributed by atoms with Gasteiger partial charge in [-0.05, 0) is 25.5 Å². The number of amides is 3. The number of hydrogen-bond acceptors (Lipinski definition) is 4. The molecule has 3 amide bonds. The molecule has 0 spiro atoms. The van der Waals surface area contributed by atoms with Crippen molar-refractivity contribution in [2.24, 2.45) is 5.73 Å². The Morgan fingerprint density at radius 3 is 2.48 bits per heavy atom. The largest absolute Gasteiger partial charge is 0.369 e. The lowest BCUT2D eigenvalue weighted by atomic mass is 10.1. The summed E-state index contributed by atoms with van der Waals surface area (Å²) in [7, 11) is 0. The number of H-pyrrole nitrogens is 1. The summed E-state index contributed by atoms with van der Waals surface area (Å²) in [5.74, 6) is -0.364. The molecule has 23 heavy (non-hydrogen) atoms. The number of nitrogens with zero attached hydrogens (tertiary/aromatic N) is 2. The minimum atomic E-state index is -0.364. The lowest BCUT2D eigenvalue weighted by Crippen LogP contribution is -2.53. The summed E-state index contributed by atoms with van der Waals surface area (Å²) in [5.41, 5.74) is 7.21. The van der Waals surface area contributed by atoms with Gasteiger partial charge in [0.1, 0.15) is 0 Å². The van der Waals surface area contributed by atoms with E-state index >= 15 is 0 Å². The number of urea groups is 1. The number of nitrogens with one attached hydrogen (secondary N) is 2. The number of aromatic amines is 1. The van der Waals surface area contributed by atoms with Crippen molar-refractivity contribution in [3.8, 4) is 0 Å². The molecule has 1 saturated heterocycles. The van der Waals surface area contributed by atoms with E-state index in [1.54, 1.807) is 4.90 Å². The molecule has 2 heterocycles. The predicted molar refractivity (Wildman–Crippen MR) is 86.0 cm³/mol. The number of carbonyl (C=O) groups excluding carboxylic acids is 2. The molecular weight excluding hydrogens is 298 g/mol. The number of aryl methyl sites for hydroxylation is 2. The summed E-state index contributed by atoms with van der Waals surface area (Å²) in [6.07, 6.45) is 0. The van der Waals surface area contributed by atoms with Gasteiger partial charge in [-0.2, -0.15) is 0 Å². The Kier molecular flexibility index (Phi) is 5.38. The van der Waals surface area contributed by atoms with Crippen LogP contribution in [0.25, 0.3) is 0 Å². The van der Waals surface area contributed by atoms with Gasteiger partial charge in [0.15, 0.2) is 0 Å². The van der Waals surface area contributed by atoms with Crippen LogP contribution in [0.5, 0.6) is 0 Å². The second-order valence-corrected chi connectivity index (χ2v) is 5.83. The first-order valence-electron chi connectivity index (χ1n) is 7.59. The van der Waals surface area contributed by atoms with Gasteiger partial charge in [0, 0.05) is 37.4 Å². The molecule has 0 unspecified atom stereocenters. The fraction of sp³-hybridized carbons (Fsp3) is 0.533. The highest BCUT2D eigenvalue weighted by Crippen LogP contribution is 2.05. The van der Waals surface area contributed by atoms with E-state index in [0.29, 0.717) is 31.7 Å². The number of rotatable bonds is 4. The first-order chi connectivity index (χ1) is 10.9. The van der Waals surface area contributed by atoms with Crippen LogP contribution in [0.4, 0.5) is 4.79 Å².